The SMILES string of the molecule is C1CCC([PH+](C2CCCCC2)C2CCCCC2)CC1.C1CCC([PH+](C2CCCCC2)C2CCCCC2)CC1.CS(=O)(=O)[O-].[Ni+2].[c-]1ccc2ccccc2c1. The molecule has 0 atom stereocenters. The van der Waals surface area contributed by atoms with E-state index in [0.717, 1.165) is 0 Å². The van der Waals surface area contributed by atoms with Gasteiger partial charge in [-0.2, -0.15) is 24.3 Å². The summed E-state index contributed by atoms with van der Waals surface area (Å²) in [5.41, 5.74) is 7.36. The first-order valence-corrected chi connectivity index (χ1v) is 28.1. The Balaban J connectivity index is 0.000000175. The van der Waals surface area contributed by atoms with Gasteiger partial charge in [0, 0.05) is 22.1 Å². The van der Waals surface area contributed by atoms with E-state index in [4.69, 9.17) is 13.0 Å². The molecule has 0 radical (unpaired) electrons. The maximum Gasteiger partial charge on any atom is 2.00 e. The van der Waals surface area contributed by atoms with Crippen molar-refractivity contribution in [3.8, 4) is 0 Å². The molecule has 0 spiro atoms. The van der Waals surface area contributed by atoms with E-state index in [9.17, 15) is 0 Å². The van der Waals surface area contributed by atoms with Crippen LogP contribution < -0.4 is 0 Å². The Bertz CT molecular complexity index is 1140. The van der Waals surface area contributed by atoms with E-state index in [0.29, 0.717) is 6.26 Å². The Morgan fingerprint density at radius 2 is 0.704 bits per heavy atom. The molecule has 0 N–H and O–H groups in total. The van der Waals surface area contributed by atoms with Gasteiger partial charge in [-0.1, -0.05) is 56.7 Å². The van der Waals surface area contributed by atoms with Crippen molar-refractivity contribution in [2.24, 2.45) is 0 Å². The van der Waals surface area contributed by atoms with Crippen LogP contribution in [0.25, 0.3) is 10.8 Å². The van der Waals surface area contributed by atoms with Gasteiger partial charge in [0.1, 0.15) is 0 Å². The van der Waals surface area contributed by atoms with Gasteiger partial charge in [-0.15, -0.1) is 16.8 Å². The first kappa shape index (κ1) is 46.7. The third-order valence-electron chi connectivity index (χ3n) is 14.1. The van der Waals surface area contributed by atoms with Crippen molar-refractivity contribution in [2.45, 2.75) is 227 Å². The van der Waals surface area contributed by atoms with Crippen LogP contribution >= 0.6 is 15.8 Å². The number of rotatable bonds is 6. The van der Waals surface area contributed by atoms with Gasteiger partial charge in [-0.05, 0) is 154 Å². The molecule has 3 nitrogen and oxygen atoms in total. The Morgan fingerprint density at radius 3 is 0.944 bits per heavy atom. The van der Waals surface area contributed by atoms with E-state index in [2.05, 4.69) is 24.3 Å². The number of hydrogen-bond acceptors (Lipinski definition) is 3. The fourth-order valence-corrected chi connectivity index (χ4v) is 22.1. The summed E-state index contributed by atoms with van der Waals surface area (Å²) >= 11 is 0. The van der Waals surface area contributed by atoms with Crippen LogP contribution in [0.1, 0.15) is 193 Å². The zero-order valence-corrected chi connectivity index (χ0v) is 38.0. The molecule has 0 amide bonds. The molecule has 6 fully saturated rings. The molecule has 2 aromatic rings. The van der Waals surface area contributed by atoms with Crippen molar-refractivity contribution in [2.75, 3.05) is 6.26 Å². The molecule has 8 rings (SSSR count). The summed E-state index contributed by atoms with van der Waals surface area (Å²) in [5.74, 6) is 0. The van der Waals surface area contributed by atoms with Crippen molar-refractivity contribution < 1.29 is 29.5 Å². The second kappa shape index (κ2) is 26.1. The quantitative estimate of drug-likeness (QED) is 0.126. The Kier molecular flexibility index (Phi) is 22.6. The topological polar surface area (TPSA) is 57.2 Å². The largest absolute Gasteiger partial charge is 2.00 e. The summed E-state index contributed by atoms with van der Waals surface area (Å²) in [4.78, 5) is 0. The van der Waals surface area contributed by atoms with Gasteiger partial charge in [-0.25, -0.2) is 8.42 Å². The van der Waals surface area contributed by atoms with Crippen LogP contribution in [-0.4, -0.2) is 53.2 Å². The van der Waals surface area contributed by atoms with E-state index >= 15 is 0 Å². The molecule has 0 heterocycles. The summed E-state index contributed by atoms with van der Waals surface area (Å²) in [6.45, 7) is 0. The van der Waals surface area contributed by atoms with Crippen LogP contribution in [0.5, 0.6) is 0 Å². The van der Waals surface area contributed by atoms with Gasteiger partial charge in [0.15, 0.2) is 0 Å². The number of benzene rings is 2. The molecule has 6 saturated carbocycles. The first-order valence-electron chi connectivity index (χ1n) is 22.9. The third kappa shape index (κ3) is 16.7. The molecule has 6 aliphatic carbocycles. The Morgan fingerprint density at radius 1 is 0.463 bits per heavy atom. The predicted octanol–water partition coefficient (Wildman–Crippen LogP) is 14.2. The first-order chi connectivity index (χ1) is 25.9. The molecule has 54 heavy (non-hydrogen) atoms. The maximum atomic E-state index is 9.08. The third-order valence-corrected chi connectivity index (χ3v) is 23.2. The van der Waals surface area contributed by atoms with Crippen molar-refractivity contribution >= 4 is 36.7 Å². The molecule has 6 aliphatic rings. The fraction of sp³-hybridized carbons (Fsp3) is 0.787. The summed E-state index contributed by atoms with van der Waals surface area (Å²) in [6, 6.07) is 17.3. The van der Waals surface area contributed by atoms with Crippen LogP contribution in [-0.2, 0) is 26.6 Å². The second-order valence-corrected chi connectivity index (χ2v) is 26.3. The maximum absolute atomic E-state index is 9.08. The average molecular weight is 844 g/mol. The van der Waals surface area contributed by atoms with Crippen LogP contribution in [0, 0.1) is 6.07 Å². The van der Waals surface area contributed by atoms with Crippen LogP contribution in [0.4, 0.5) is 0 Å². The zero-order valence-electron chi connectivity index (χ0n) is 34.2. The molecule has 2 aromatic carbocycles. The number of fused-ring (bicyclic) bond motifs is 1. The molecule has 308 valence electrons. The van der Waals surface area contributed by atoms with E-state index in [-0.39, 0.29) is 32.3 Å². The second-order valence-electron chi connectivity index (χ2n) is 18.0. The zero-order chi connectivity index (χ0) is 37.1. The van der Waals surface area contributed by atoms with Crippen molar-refractivity contribution in [1.82, 2.24) is 0 Å². The van der Waals surface area contributed by atoms with E-state index in [1.165, 1.54) is 44.7 Å². The van der Waals surface area contributed by atoms with Crippen LogP contribution in [0.15, 0.2) is 42.5 Å². The van der Waals surface area contributed by atoms with Gasteiger partial charge >= 0.3 is 16.5 Å². The van der Waals surface area contributed by atoms with Gasteiger partial charge in [0.05, 0.1) is 44.1 Å². The van der Waals surface area contributed by atoms with Crippen molar-refractivity contribution in [1.29, 1.82) is 0 Å². The molecule has 0 bridgehead atoms. The van der Waals surface area contributed by atoms with Gasteiger partial charge in [-0.3, -0.25) is 0 Å². The minimum Gasteiger partial charge on any atom is -0.748 e. The minimum atomic E-state index is -3.92. The normalized spacial score (nSPS) is 23.3. The van der Waals surface area contributed by atoms with E-state index in [1.54, 1.807) is 193 Å². The van der Waals surface area contributed by atoms with Crippen LogP contribution in [0.2, 0.25) is 0 Å². The van der Waals surface area contributed by atoms with Gasteiger partial charge in [0.2, 0.25) is 0 Å². The number of hydrogen-bond donors (Lipinski definition) is 0. The summed E-state index contributed by atoms with van der Waals surface area (Å²) in [5, 5.41) is 2.53. The van der Waals surface area contributed by atoms with Gasteiger partial charge in [0.25, 0.3) is 0 Å². The van der Waals surface area contributed by atoms with Gasteiger partial charge < -0.3 is 4.55 Å². The smallest absolute Gasteiger partial charge is 0.748 e. The molecule has 0 aliphatic heterocycles. The Hall–Kier alpha value is -0.0365. The molecule has 7 heteroatoms. The molecule has 0 unspecified atom stereocenters. The monoisotopic (exact) mass is 842 g/mol. The average Bonchev–Trinajstić information content (AvgIpc) is 3.21. The van der Waals surface area contributed by atoms with E-state index < -0.39 is 10.1 Å². The van der Waals surface area contributed by atoms with Crippen molar-refractivity contribution in [3.63, 3.8) is 0 Å². The summed E-state index contributed by atoms with van der Waals surface area (Å²) < 4.78 is 27.2. The van der Waals surface area contributed by atoms with Crippen molar-refractivity contribution in [3.05, 3.63) is 48.5 Å². The molecule has 0 saturated heterocycles. The van der Waals surface area contributed by atoms with Crippen LogP contribution in [0.3, 0.4) is 0 Å². The molecule has 0 aromatic heterocycles. The van der Waals surface area contributed by atoms with E-state index in [1.807, 2.05) is 24.3 Å². The molecular weight excluding hydrogens is 765 g/mol. The summed E-state index contributed by atoms with van der Waals surface area (Å²) in [7, 11) is -4.01. The molecular formula is C47H78NiO3P2S+2. The fourth-order valence-electron chi connectivity index (χ4n) is 11.7. The minimum absolute atomic E-state index is 0. The summed E-state index contributed by atoms with van der Waals surface area (Å²) in [6.07, 6.45) is 48.2. The predicted molar refractivity (Wildman–Crippen MR) is 236 cm³/mol. The standard InChI is InChI=1S/2C18H33P.C10H7.CH4O3S.Ni/c2*1-4-10-16(11-5-1)19(17-12-6-2-7-13-17)18-14-8-3-9-15-18;1-2-6-10-8-4-3-7-9(10)5-1;1-5(2,3)4;/h2*16-18H,1-15H2;1-3,5-8H;1H3,(H,2,3,4);/q;;-1;;+2/p+1. The Labute approximate surface area is 345 Å².